The van der Waals surface area contributed by atoms with Crippen molar-refractivity contribution in [1.29, 1.82) is 0 Å². The Hall–Kier alpha value is -0.560. The van der Waals surface area contributed by atoms with Crippen LogP contribution < -0.4 is 0 Å². The molecule has 0 aromatic carbocycles. The average molecular weight is 138 g/mol. The molecule has 0 bridgehead atoms. The third-order valence-corrected chi connectivity index (χ3v) is 1.93. The van der Waals surface area contributed by atoms with Gasteiger partial charge >= 0.3 is 0 Å². The zero-order chi connectivity index (χ0) is 7.40. The lowest BCUT2D eigenvalue weighted by molar-refractivity contribution is 0.332. The van der Waals surface area contributed by atoms with Gasteiger partial charge in [0.25, 0.3) is 0 Å². The first kappa shape index (κ1) is 7.55. The molecule has 0 aromatic rings. The highest BCUT2D eigenvalue weighted by Crippen LogP contribution is 2.18. The number of aliphatic hydroxyl groups excluding tert-OH is 1. The summed E-state index contributed by atoms with van der Waals surface area (Å²) in [5, 5.41) is 8.78. The summed E-state index contributed by atoms with van der Waals surface area (Å²) in [7, 11) is 0. The van der Waals surface area contributed by atoms with Crippen LogP contribution in [0.25, 0.3) is 0 Å². The van der Waals surface area contributed by atoms with E-state index >= 15 is 0 Å². The quantitative estimate of drug-likeness (QED) is 0.617. The normalized spacial score (nSPS) is 24.6. The molecule has 0 saturated heterocycles. The Balaban J connectivity index is 2.56. The molecular weight excluding hydrogens is 124 g/mol. The zero-order valence-electron chi connectivity index (χ0n) is 6.38. The Morgan fingerprint density at radius 2 is 2.50 bits per heavy atom. The van der Waals surface area contributed by atoms with Crippen LogP contribution in [0.2, 0.25) is 0 Å². The Labute approximate surface area is 62.1 Å². The zero-order valence-corrected chi connectivity index (χ0v) is 6.38. The highest BCUT2D eigenvalue weighted by molar-refractivity contribution is 5.23. The van der Waals surface area contributed by atoms with Gasteiger partial charge in [0.15, 0.2) is 0 Å². The van der Waals surface area contributed by atoms with E-state index in [0.717, 1.165) is 12.0 Å². The van der Waals surface area contributed by atoms with Crippen molar-refractivity contribution in [2.75, 3.05) is 6.61 Å². The van der Waals surface area contributed by atoms with Crippen LogP contribution in [0.5, 0.6) is 0 Å². The van der Waals surface area contributed by atoms with Crippen molar-refractivity contribution < 1.29 is 5.11 Å². The fourth-order valence-electron chi connectivity index (χ4n) is 1.21. The summed E-state index contributed by atoms with van der Waals surface area (Å²) in [4.78, 5) is 0. The lowest BCUT2D eigenvalue weighted by atomic mass is 9.94. The van der Waals surface area contributed by atoms with Crippen LogP contribution in [0, 0.1) is 5.92 Å². The molecule has 1 aliphatic rings. The van der Waals surface area contributed by atoms with Gasteiger partial charge in [0.1, 0.15) is 0 Å². The molecule has 0 saturated carbocycles. The molecule has 0 aliphatic heterocycles. The molecule has 1 rings (SSSR count). The minimum absolute atomic E-state index is 0.188. The second-order valence-electron chi connectivity index (χ2n) is 2.71. The van der Waals surface area contributed by atoms with E-state index in [-0.39, 0.29) is 6.61 Å². The Morgan fingerprint density at radius 1 is 1.70 bits per heavy atom. The first-order valence-corrected chi connectivity index (χ1v) is 3.85. The molecule has 1 nitrogen and oxygen atoms in total. The second kappa shape index (κ2) is 3.57. The molecule has 1 atom stereocenters. The summed E-state index contributed by atoms with van der Waals surface area (Å²) < 4.78 is 0. The average Bonchev–Trinajstić information content (AvgIpc) is 2.05. The van der Waals surface area contributed by atoms with E-state index in [4.69, 9.17) is 5.11 Å². The Kier molecular flexibility index (Phi) is 2.69. The lowest BCUT2D eigenvalue weighted by Crippen LogP contribution is -2.00. The first-order valence-electron chi connectivity index (χ1n) is 3.85. The standard InChI is InChI=1S/C9H14O/c1-2-8-4-3-5-9(6-8)7-10/h3,5-6,8,10H,2,4,7H2,1H3. The molecule has 56 valence electrons. The summed E-state index contributed by atoms with van der Waals surface area (Å²) in [6.45, 7) is 2.36. The first-order chi connectivity index (χ1) is 4.86. The largest absolute Gasteiger partial charge is 0.392 e. The molecule has 10 heavy (non-hydrogen) atoms. The Morgan fingerprint density at radius 3 is 3.10 bits per heavy atom. The van der Waals surface area contributed by atoms with E-state index in [0.29, 0.717) is 5.92 Å². The number of rotatable bonds is 2. The van der Waals surface area contributed by atoms with E-state index in [1.54, 1.807) is 0 Å². The van der Waals surface area contributed by atoms with Gasteiger partial charge in [-0.15, -0.1) is 0 Å². The predicted octanol–water partition coefficient (Wildman–Crippen LogP) is 1.89. The van der Waals surface area contributed by atoms with Crippen LogP contribution in [0.4, 0.5) is 0 Å². The highest BCUT2D eigenvalue weighted by atomic mass is 16.3. The van der Waals surface area contributed by atoms with Crippen molar-refractivity contribution in [3.8, 4) is 0 Å². The van der Waals surface area contributed by atoms with Crippen LogP contribution in [-0.2, 0) is 0 Å². The van der Waals surface area contributed by atoms with Gasteiger partial charge in [0.05, 0.1) is 6.61 Å². The van der Waals surface area contributed by atoms with E-state index < -0.39 is 0 Å². The van der Waals surface area contributed by atoms with Gasteiger partial charge in [-0.2, -0.15) is 0 Å². The molecule has 1 heteroatoms. The van der Waals surface area contributed by atoms with Crippen molar-refractivity contribution >= 4 is 0 Å². The third kappa shape index (κ3) is 1.71. The highest BCUT2D eigenvalue weighted by Gasteiger charge is 2.05. The van der Waals surface area contributed by atoms with Gasteiger partial charge in [-0.05, 0) is 24.3 Å². The van der Waals surface area contributed by atoms with Gasteiger partial charge in [0, 0.05) is 0 Å². The summed E-state index contributed by atoms with van der Waals surface area (Å²) >= 11 is 0. The lowest BCUT2D eigenvalue weighted by Gasteiger charge is -2.12. The molecule has 0 spiro atoms. The number of hydrogen-bond acceptors (Lipinski definition) is 1. The summed E-state index contributed by atoms with van der Waals surface area (Å²) in [6, 6.07) is 0. The Bertz CT molecular complexity index is 156. The number of aliphatic hydroxyl groups is 1. The van der Waals surface area contributed by atoms with Crippen LogP contribution in [-0.4, -0.2) is 11.7 Å². The maximum atomic E-state index is 8.78. The molecule has 0 amide bonds. The van der Waals surface area contributed by atoms with Crippen molar-refractivity contribution in [1.82, 2.24) is 0 Å². The summed E-state index contributed by atoms with van der Waals surface area (Å²) in [6.07, 6.45) is 8.62. The fourth-order valence-corrected chi connectivity index (χ4v) is 1.21. The number of allylic oxidation sites excluding steroid dienone is 2. The van der Waals surface area contributed by atoms with E-state index in [1.165, 1.54) is 6.42 Å². The third-order valence-electron chi connectivity index (χ3n) is 1.93. The predicted molar refractivity (Wildman–Crippen MR) is 42.7 cm³/mol. The SMILES string of the molecule is CCC1C=C(CO)C=CC1. The summed E-state index contributed by atoms with van der Waals surface area (Å²) in [5.41, 5.74) is 1.07. The maximum Gasteiger partial charge on any atom is 0.0678 e. The number of hydrogen-bond donors (Lipinski definition) is 1. The van der Waals surface area contributed by atoms with Crippen molar-refractivity contribution in [2.24, 2.45) is 5.92 Å². The van der Waals surface area contributed by atoms with Gasteiger partial charge in [-0.25, -0.2) is 0 Å². The molecule has 0 heterocycles. The second-order valence-corrected chi connectivity index (χ2v) is 2.71. The van der Waals surface area contributed by atoms with Gasteiger partial charge in [-0.1, -0.05) is 25.2 Å². The molecule has 1 aliphatic carbocycles. The van der Waals surface area contributed by atoms with Gasteiger partial charge in [-0.3, -0.25) is 0 Å². The van der Waals surface area contributed by atoms with Crippen molar-refractivity contribution in [3.63, 3.8) is 0 Å². The van der Waals surface area contributed by atoms with E-state index in [2.05, 4.69) is 19.1 Å². The molecule has 1 N–H and O–H groups in total. The topological polar surface area (TPSA) is 20.2 Å². The molecule has 0 aromatic heterocycles. The minimum Gasteiger partial charge on any atom is -0.392 e. The van der Waals surface area contributed by atoms with Gasteiger partial charge in [0.2, 0.25) is 0 Å². The van der Waals surface area contributed by atoms with Crippen LogP contribution in [0.1, 0.15) is 19.8 Å². The van der Waals surface area contributed by atoms with Crippen LogP contribution in [0.3, 0.4) is 0 Å². The minimum atomic E-state index is 0.188. The van der Waals surface area contributed by atoms with Crippen molar-refractivity contribution in [3.05, 3.63) is 23.8 Å². The molecule has 0 fully saturated rings. The van der Waals surface area contributed by atoms with E-state index in [9.17, 15) is 0 Å². The molecule has 0 radical (unpaired) electrons. The van der Waals surface area contributed by atoms with Crippen LogP contribution in [0.15, 0.2) is 23.8 Å². The maximum absolute atomic E-state index is 8.78. The monoisotopic (exact) mass is 138 g/mol. The molecule has 1 unspecified atom stereocenters. The smallest absolute Gasteiger partial charge is 0.0678 e. The fraction of sp³-hybridized carbons (Fsp3) is 0.556. The van der Waals surface area contributed by atoms with Gasteiger partial charge < -0.3 is 5.11 Å². The van der Waals surface area contributed by atoms with Crippen LogP contribution >= 0.6 is 0 Å². The molecular formula is C9H14O. The van der Waals surface area contributed by atoms with Crippen molar-refractivity contribution in [2.45, 2.75) is 19.8 Å². The van der Waals surface area contributed by atoms with E-state index in [1.807, 2.05) is 6.08 Å². The summed E-state index contributed by atoms with van der Waals surface area (Å²) in [5.74, 6) is 0.659.